The normalized spacial score (nSPS) is 13.7. The summed E-state index contributed by atoms with van der Waals surface area (Å²) in [5.74, 6) is 0. The highest BCUT2D eigenvalue weighted by Gasteiger charge is 1.95. The van der Waals surface area contributed by atoms with Crippen molar-refractivity contribution in [1.29, 1.82) is 0 Å². The summed E-state index contributed by atoms with van der Waals surface area (Å²) in [4.78, 5) is 0. The predicted molar refractivity (Wildman–Crippen MR) is 39.6 cm³/mol. The predicted octanol–water partition coefficient (Wildman–Crippen LogP) is 1.02. The van der Waals surface area contributed by atoms with Gasteiger partial charge in [-0.3, -0.25) is 0 Å². The summed E-state index contributed by atoms with van der Waals surface area (Å²) in [7, 11) is 1.73. The molecule has 0 aliphatic carbocycles. The van der Waals surface area contributed by atoms with E-state index in [1.807, 2.05) is 0 Å². The van der Waals surface area contributed by atoms with Gasteiger partial charge in [0.05, 0.1) is 6.61 Å². The maximum atomic E-state index is 4.94. The van der Waals surface area contributed by atoms with Crippen molar-refractivity contribution in [1.82, 2.24) is 5.32 Å². The van der Waals surface area contributed by atoms with Gasteiger partial charge in [0.2, 0.25) is 0 Å². The highest BCUT2D eigenvalue weighted by atomic mass is 16.5. The lowest BCUT2D eigenvalue weighted by Gasteiger charge is -2.10. The molecule has 0 aromatic rings. The zero-order chi connectivity index (χ0) is 7.11. The molecule has 0 aliphatic rings. The van der Waals surface area contributed by atoms with Crippen LogP contribution < -0.4 is 5.32 Å². The van der Waals surface area contributed by atoms with Crippen LogP contribution >= 0.6 is 0 Å². The van der Waals surface area contributed by atoms with Gasteiger partial charge >= 0.3 is 0 Å². The fourth-order valence-electron chi connectivity index (χ4n) is 0.700. The van der Waals surface area contributed by atoms with Gasteiger partial charge in [0.1, 0.15) is 0 Å². The summed E-state index contributed by atoms with van der Waals surface area (Å²) >= 11 is 0. The Morgan fingerprint density at radius 3 is 2.67 bits per heavy atom. The van der Waals surface area contributed by atoms with Crippen LogP contribution in [0.2, 0.25) is 0 Å². The lowest BCUT2D eigenvalue weighted by atomic mass is 10.3. The topological polar surface area (TPSA) is 21.3 Å². The smallest absolute Gasteiger partial charge is 0.0613 e. The second kappa shape index (κ2) is 6.05. The number of nitrogens with one attached hydrogen (secondary N) is 1. The molecule has 2 nitrogen and oxygen atoms in total. The van der Waals surface area contributed by atoms with Crippen LogP contribution in [0.5, 0.6) is 0 Å². The maximum Gasteiger partial charge on any atom is 0.0613 e. The molecular formula is C7H17NO. The van der Waals surface area contributed by atoms with Crippen LogP contribution in [0.3, 0.4) is 0 Å². The second-order valence-electron chi connectivity index (χ2n) is 2.31. The van der Waals surface area contributed by atoms with E-state index >= 15 is 0 Å². The molecule has 1 N–H and O–H groups in total. The number of hydrogen-bond acceptors (Lipinski definition) is 2. The van der Waals surface area contributed by atoms with Gasteiger partial charge in [-0.1, -0.05) is 6.92 Å². The summed E-state index contributed by atoms with van der Waals surface area (Å²) in [5, 5.41) is 3.31. The Bertz CT molecular complexity index is 56.9. The van der Waals surface area contributed by atoms with Gasteiger partial charge in [-0.25, -0.2) is 0 Å². The third-order valence-corrected chi connectivity index (χ3v) is 1.16. The molecule has 0 rings (SSSR count). The number of rotatable bonds is 5. The minimum atomic E-state index is 0.495. The van der Waals surface area contributed by atoms with Crippen molar-refractivity contribution >= 4 is 0 Å². The molecule has 56 valence electrons. The van der Waals surface area contributed by atoms with Crippen molar-refractivity contribution in [3.8, 4) is 0 Å². The Morgan fingerprint density at radius 2 is 2.22 bits per heavy atom. The SMILES string of the molecule is CCCNC(C)COC. The van der Waals surface area contributed by atoms with Gasteiger partial charge in [0.15, 0.2) is 0 Å². The summed E-state index contributed by atoms with van der Waals surface area (Å²) in [5.41, 5.74) is 0. The molecule has 0 bridgehead atoms. The van der Waals surface area contributed by atoms with Gasteiger partial charge in [-0.05, 0) is 19.9 Å². The first-order valence-corrected chi connectivity index (χ1v) is 3.53. The standard InChI is InChI=1S/C7H17NO/c1-4-5-8-7(2)6-9-3/h7-8H,4-6H2,1-3H3. The molecule has 0 fully saturated rings. The van der Waals surface area contributed by atoms with E-state index in [0.29, 0.717) is 6.04 Å². The zero-order valence-corrected chi connectivity index (χ0v) is 6.61. The average Bonchev–Trinajstić information content (AvgIpc) is 1.85. The molecule has 1 atom stereocenters. The second-order valence-corrected chi connectivity index (χ2v) is 2.31. The average molecular weight is 131 g/mol. The first kappa shape index (κ1) is 8.92. The van der Waals surface area contributed by atoms with Crippen molar-refractivity contribution in [2.75, 3.05) is 20.3 Å². The van der Waals surface area contributed by atoms with Crippen LogP contribution in [0.25, 0.3) is 0 Å². The lowest BCUT2D eigenvalue weighted by molar-refractivity contribution is 0.172. The van der Waals surface area contributed by atoms with Crippen LogP contribution in [0, 0.1) is 0 Å². The number of ether oxygens (including phenoxy) is 1. The molecule has 9 heavy (non-hydrogen) atoms. The van der Waals surface area contributed by atoms with E-state index in [0.717, 1.165) is 13.2 Å². The van der Waals surface area contributed by atoms with Crippen molar-refractivity contribution in [2.24, 2.45) is 0 Å². The third kappa shape index (κ3) is 5.80. The number of hydrogen-bond donors (Lipinski definition) is 1. The Hall–Kier alpha value is -0.0800. The van der Waals surface area contributed by atoms with Crippen molar-refractivity contribution in [3.63, 3.8) is 0 Å². The number of methoxy groups -OCH3 is 1. The molecule has 0 saturated heterocycles. The van der Waals surface area contributed by atoms with E-state index in [9.17, 15) is 0 Å². The third-order valence-electron chi connectivity index (χ3n) is 1.16. The maximum absolute atomic E-state index is 4.94. The molecule has 0 aliphatic heterocycles. The van der Waals surface area contributed by atoms with Crippen molar-refractivity contribution < 1.29 is 4.74 Å². The largest absolute Gasteiger partial charge is 0.383 e. The lowest BCUT2D eigenvalue weighted by Crippen LogP contribution is -2.30. The van der Waals surface area contributed by atoms with Gasteiger partial charge in [-0.15, -0.1) is 0 Å². The van der Waals surface area contributed by atoms with Gasteiger partial charge in [0.25, 0.3) is 0 Å². The minimum absolute atomic E-state index is 0.495. The Kier molecular flexibility index (Phi) is 5.99. The fraction of sp³-hybridized carbons (Fsp3) is 1.00. The zero-order valence-electron chi connectivity index (χ0n) is 6.61. The molecule has 1 unspecified atom stereocenters. The van der Waals surface area contributed by atoms with E-state index in [1.54, 1.807) is 7.11 Å². The van der Waals surface area contributed by atoms with Crippen LogP contribution in [-0.2, 0) is 4.74 Å². The highest BCUT2D eigenvalue weighted by molar-refractivity contribution is 4.56. The van der Waals surface area contributed by atoms with E-state index in [-0.39, 0.29) is 0 Å². The fourth-order valence-corrected chi connectivity index (χ4v) is 0.700. The first-order valence-electron chi connectivity index (χ1n) is 3.53. The summed E-state index contributed by atoms with van der Waals surface area (Å²) < 4.78 is 4.94. The minimum Gasteiger partial charge on any atom is -0.383 e. The molecule has 0 heterocycles. The van der Waals surface area contributed by atoms with Gasteiger partial charge in [-0.2, -0.15) is 0 Å². The van der Waals surface area contributed by atoms with E-state index in [1.165, 1.54) is 6.42 Å². The van der Waals surface area contributed by atoms with Gasteiger partial charge in [0, 0.05) is 13.2 Å². The molecule has 0 saturated carbocycles. The van der Waals surface area contributed by atoms with E-state index < -0.39 is 0 Å². The quantitative estimate of drug-likeness (QED) is 0.601. The summed E-state index contributed by atoms with van der Waals surface area (Å²) in [6.07, 6.45) is 1.19. The van der Waals surface area contributed by atoms with E-state index in [4.69, 9.17) is 4.74 Å². The monoisotopic (exact) mass is 131 g/mol. The van der Waals surface area contributed by atoms with Crippen molar-refractivity contribution in [3.05, 3.63) is 0 Å². The first-order chi connectivity index (χ1) is 4.31. The van der Waals surface area contributed by atoms with Crippen LogP contribution in [0.15, 0.2) is 0 Å². The van der Waals surface area contributed by atoms with E-state index in [2.05, 4.69) is 19.2 Å². The summed E-state index contributed by atoms with van der Waals surface area (Å²) in [6.45, 7) is 6.18. The molecule has 0 amide bonds. The van der Waals surface area contributed by atoms with Crippen molar-refractivity contribution in [2.45, 2.75) is 26.3 Å². The Morgan fingerprint density at radius 1 is 1.56 bits per heavy atom. The Labute approximate surface area is 57.6 Å². The molecule has 0 radical (unpaired) electrons. The molecule has 2 heteroatoms. The molecule has 0 aromatic carbocycles. The highest BCUT2D eigenvalue weighted by Crippen LogP contribution is 1.81. The summed E-state index contributed by atoms with van der Waals surface area (Å²) in [6, 6.07) is 0.495. The molecule has 0 aromatic heterocycles. The van der Waals surface area contributed by atoms with Crippen LogP contribution in [0.1, 0.15) is 20.3 Å². The Balaban J connectivity index is 2.95. The van der Waals surface area contributed by atoms with Crippen LogP contribution in [-0.4, -0.2) is 26.3 Å². The van der Waals surface area contributed by atoms with Crippen LogP contribution in [0.4, 0.5) is 0 Å². The molecule has 0 spiro atoms. The van der Waals surface area contributed by atoms with Gasteiger partial charge < -0.3 is 10.1 Å². The molecular weight excluding hydrogens is 114 g/mol.